The number of ether oxygens (including phenoxy) is 3. The van der Waals surface area contributed by atoms with Crippen molar-refractivity contribution in [2.24, 2.45) is 11.5 Å². The third-order valence-corrected chi connectivity index (χ3v) is 5.10. The topological polar surface area (TPSA) is 279 Å². The standard InChI is InChI=1S/C18H23N5O12/c19-7(25)4-21-15(31)6-3-5(24)9(27)17(33-6)35-13(14(20)30)12-10(28)11(29)16(34-12)23-2-1-8(26)22-18(23)32/h1-3,5,9-13,16-17,24,27-29H,4H2,(H2,19,25)(H2,20,30)(H,21,31)(H,22,26,32)/t5?,9?,10?,11?,12-,13?,16+,17+/m0/s1. The number of aromatic amines is 1. The lowest BCUT2D eigenvalue weighted by Gasteiger charge is -2.34. The lowest BCUT2D eigenvalue weighted by molar-refractivity contribution is -0.240. The molecule has 1 aromatic rings. The van der Waals surface area contributed by atoms with E-state index in [-0.39, 0.29) is 0 Å². The Morgan fingerprint density at radius 1 is 1.14 bits per heavy atom. The van der Waals surface area contributed by atoms with Gasteiger partial charge in [-0.2, -0.15) is 0 Å². The van der Waals surface area contributed by atoms with Crippen LogP contribution in [-0.2, 0) is 28.6 Å². The summed E-state index contributed by atoms with van der Waals surface area (Å²) in [5, 5.41) is 43.1. The van der Waals surface area contributed by atoms with Crippen LogP contribution < -0.4 is 28.0 Å². The second-order valence-electron chi connectivity index (χ2n) is 7.60. The molecule has 192 valence electrons. The van der Waals surface area contributed by atoms with E-state index in [0.29, 0.717) is 0 Å². The van der Waals surface area contributed by atoms with Gasteiger partial charge in [-0.3, -0.25) is 28.7 Å². The van der Waals surface area contributed by atoms with E-state index in [1.807, 2.05) is 4.98 Å². The van der Waals surface area contributed by atoms with E-state index in [2.05, 4.69) is 5.32 Å². The van der Waals surface area contributed by atoms with Gasteiger partial charge in [-0.1, -0.05) is 0 Å². The smallest absolute Gasteiger partial charge is 0.330 e. The number of aliphatic hydroxyl groups is 4. The predicted molar refractivity (Wildman–Crippen MR) is 108 cm³/mol. The van der Waals surface area contributed by atoms with E-state index >= 15 is 0 Å². The van der Waals surface area contributed by atoms with Gasteiger partial charge < -0.3 is 51.4 Å². The van der Waals surface area contributed by atoms with Crippen LogP contribution in [0.4, 0.5) is 0 Å². The van der Waals surface area contributed by atoms with Gasteiger partial charge in [0.2, 0.25) is 18.1 Å². The highest BCUT2D eigenvalue weighted by molar-refractivity contribution is 5.94. The van der Waals surface area contributed by atoms with Crippen LogP contribution in [0.2, 0.25) is 0 Å². The molecular weight excluding hydrogens is 478 g/mol. The minimum absolute atomic E-state index is 0.570. The molecule has 3 amide bonds. The molecule has 1 saturated heterocycles. The van der Waals surface area contributed by atoms with Gasteiger partial charge in [0, 0.05) is 12.3 Å². The van der Waals surface area contributed by atoms with Crippen molar-refractivity contribution >= 4 is 17.7 Å². The predicted octanol–water partition coefficient (Wildman–Crippen LogP) is -6.41. The summed E-state index contributed by atoms with van der Waals surface area (Å²) in [5.41, 5.74) is 8.54. The van der Waals surface area contributed by atoms with E-state index in [1.54, 1.807) is 0 Å². The number of nitrogens with one attached hydrogen (secondary N) is 2. The number of amides is 3. The highest BCUT2D eigenvalue weighted by Crippen LogP contribution is 2.32. The first-order valence-electron chi connectivity index (χ1n) is 9.99. The fraction of sp³-hybridized carbons (Fsp3) is 0.500. The Morgan fingerprint density at radius 3 is 2.43 bits per heavy atom. The van der Waals surface area contributed by atoms with Crippen LogP contribution >= 0.6 is 0 Å². The van der Waals surface area contributed by atoms with Crippen molar-refractivity contribution < 1.29 is 49.0 Å². The Balaban J connectivity index is 1.80. The number of nitrogens with two attached hydrogens (primary N) is 2. The van der Waals surface area contributed by atoms with E-state index in [1.165, 1.54) is 0 Å². The second kappa shape index (κ2) is 10.3. The fourth-order valence-corrected chi connectivity index (χ4v) is 3.38. The highest BCUT2D eigenvalue weighted by Gasteiger charge is 2.51. The second-order valence-corrected chi connectivity index (χ2v) is 7.60. The number of aliphatic hydroxyl groups excluding tert-OH is 4. The number of H-pyrrole nitrogens is 1. The number of rotatable bonds is 8. The average Bonchev–Trinajstić information content (AvgIpc) is 3.06. The van der Waals surface area contributed by atoms with Gasteiger partial charge in [0.1, 0.15) is 30.5 Å². The summed E-state index contributed by atoms with van der Waals surface area (Å²) in [7, 11) is 0. The Kier molecular flexibility index (Phi) is 7.68. The lowest BCUT2D eigenvalue weighted by atomic mass is 10.0. The number of hydrogen-bond acceptors (Lipinski definition) is 12. The van der Waals surface area contributed by atoms with Gasteiger partial charge in [-0.05, 0) is 6.08 Å². The molecule has 0 aliphatic carbocycles. The monoisotopic (exact) mass is 501 g/mol. The van der Waals surface area contributed by atoms with Crippen molar-refractivity contribution in [2.75, 3.05) is 6.54 Å². The van der Waals surface area contributed by atoms with Gasteiger partial charge in [-0.15, -0.1) is 0 Å². The molecule has 35 heavy (non-hydrogen) atoms. The molecule has 0 radical (unpaired) electrons. The van der Waals surface area contributed by atoms with Crippen molar-refractivity contribution in [3.63, 3.8) is 0 Å². The van der Waals surface area contributed by atoms with Gasteiger partial charge in [0.15, 0.2) is 18.1 Å². The number of hydrogen-bond donors (Lipinski definition) is 8. The molecule has 0 saturated carbocycles. The van der Waals surface area contributed by atoms with Crippen LogP contribution in [0.3, 0.4) is 0 Å². The van der Waals surface area contributed by atoms with Crippen molar-refractivity contribution in [3.8, 4) is 0 Å². The minimum atomic E-state index is -1.94. The number of aromatic nitrogens is 2. The van der Waals surface area contributed by atoms with Crippen molar-refractivity contribution in [1.82, 2.24) is 14.9 Å². The largest absolute Gasteiger partial charge is 0.456 e. The highest BCUT2D eigenvalue weighted by atomic mass is 16.7. The minimum Gasteiger partial charge on any atom is -0.456 e. The number of nitrogens with zero attached hydrogens (tertiary/aromatic N) is 1. The van der Waals surface area contributed by atoms with Crippen LogP contribution in [0, 0.1) is 0 Å². The van der Waals surface area contributed by atoms with E-state index in [0.717, 1.165) is 22.9 Å². The zero-order valence-corrected chi connectivity index (χ0v) is 17.7. The van der Waals surface area contributed by atoms with Crippen LogP contribution in [0.5, 0.6) is 0 Å². The molecule has 0 spiro atoms. The first kappa shape index (κ1) is 26.0. The summed E-state index contributed by atoms with van der Waals surface area (Å²) in [6.45, 7) is -0.570. The maximum Gasteiger partial charge on any atom is 0.330 e. The summed E-state index contributed by atoms with van der Waals surface area (Å²) < 4.78 is 16.7. The van der Waals surface area contributed by atoms with Crippen molar-refractivity contribution in [1.29, 1.82) is 0 Å². The zero-order chi connectivity index (χ0) is 26.0. The van der Waals surface area contributed by atoms with Gasteiger partial charge >= 0.3 is 5.69 Å². The number of carbonyl (C=O) groups excluding carboxylic acids is 3. The third kappa shape index (κ3) is 5.56. The first-order chi connectivity index (χ1) is 16.4. The molecule has 0 aromatic carbocycles. The molecule has 17 nitrogen and oxygen atoms in total. The Morgan fingerprint density at radius 2 is 1.83 bits per heavy atom. The number of primary amides is 2. The molecule has 1 aromatic heterocycles. The SMILES string of the molecule is NC(=O)CNC(=O)C1=CC(O)C(O)[C@@H](OC(C(N)=O)[C@H]2O[C@@H](n3ccc(=O)[nH]c3=O)C(O)C2O)O1. The molecule has 0 bridgehead atoms. The molecule has 2 aliphatic heterocycles. The zero-order valence-electron chi connectivity index (χ0n) is 17.7. The van der Waals surface area contributed by atoms with Gasteiger partial charge in [0.05, 0.1) is 6.54 Å². The molecular formula is C18H23N5O12. The maximum absolute atomic E-state index is 12.1. The third-order valence-electron chi connectivity index (χ3n) is 5.10. The van der Waals surface area contributed by atoms with Crippen molar-refractivity contribution in [3.05, 3.63) is 44.9 Å². The lowest BCUT2D eigenvalue weighted by Crippen LogP contribution is -2.53. The average molecular weight is 501 g/mol. The molecule has 8 atom stereocenters. The molecule has 3 heterocycles. The van der Waals surface area contributed by atoms with Crippen LogP contribution in [0.1, 0.15) is 6.23 Å². The summed E-state index contributed by atoms with van der Waals surface area (Å²) in [4.78, 5) is 60.3. The van der Waals surface area contributed by atoms with E-state index in [4.69, 9.17) is 25.7 Å². The van der Waals surface area contributed by atoms with Gasteiger partial charge in [-0.25, -0.2) is 4.79 Å². The Hall–Kier alpha value is -3.61. The normalized spacial score (nSPS) is 31.2. The number of carbonyl (C=O) groups is 3. The maximum atomic E-state index is 12.1. The first-order valence-corrected chi connectivity index (χ1v) is 9.99. The molecule has 2 aliphatic rings. The van der Waals surface area contributed by atoms with Crippen LogP contribution in [0.15, 0.2) is 33.7 Å². The molecule has 1 fully saturated rings. The molecule has 17 heteroatoms. The fourth-order valence-electron chi connectivity index (χ4n) is 3.38. The quantitative estimate of drug-likeness (QED) is 0.165. The van der Waals surface area contributed by atoms with Crippen LogP contribution in [-0.4, -0.2) is 97.2 Å². The summed E-state index contributed by atoms with van der Waals surface area (Å²) >= 11 is 0. The van der Waals surface area contributed by atoms with Crippen molar-refractivity contribution in [2.45, 2.75) is 49.1 Å². The van der Waals surface area contributed by atoms with E-state index < -0.39 is 90.4 Å². The van der Waals surface area contributed by atoms with Crippen LogP contribution in [0.25, 0.3) is 0 Å². The van der Waals surface area contributed by atoms with Gasteiger partial charge in [0.25, 0.3) is 11.5 Å². The summed E-state index contributed by atoms with van der Waals surface area (Å²) in [6.07, 6.45) is -12.6. The summed E-state index contributed by atoms with van der Waals surface area (Å²) in [5.74, 6) is -3.75. The Bertz CT molecular complexity index is 1130. The van der Waals surface area contributed by atoms with E-state index in [9.17, 15) is 44.4 Å². The summed E-state index contributed by atoms with van der Waals surface area (Å²) in [6, 6.07) is 0.948. The molecule has 5 unspecified atom stereocenters. The molecule has 10 N–H and O–H groups in total. The molecule has 3 rings (SSSR count). The Labute approximate surface area is 194 Å².